The van der Waals surface area contributed by atoms with E-state index >= 15 is 0 Å². The van der Waals surface area contributed by atoms with Crippen LogP contribution in [-0.2, 0) is 5.41 Å². The summed E-state index contributed by atoms with van der Waals surface area (Å²) in [6.45, 7) is 0.660. The Morgan fingerprint density at radius 2 is 1.86 bits per heavy atom. The van der Waals surface area contributed by atoms with Gasteiger partial charge in [-0.25, -0.2) is 0 Å². The summed E-state index contributed by atoms with van der Waals surface area (Å²) in [6, 6.07) is 5.92. The first-order chi connectivity index (χ1) is 10.2. The first-order valence-electron chi connectivity index (χ1n) is 7.42. The van der Waals surface area contributed by atoms with E-state index in [0.29, 0.717) is 13.0 Å². The molecule has 0 saturated heterocycles. The highest BCUT2D eigenvalue weighted by atomic mass is 19.4. The fourth-order valence-corrected chi connectivity index (χ4v) is 3.39. The number of ether oxygens (including phenoxy) is 1. The molecule has 0 aliphatic heterocycles. The van der Waals surface area contributed by atoms with Gasteiger partial charge in [0.05, 0.1) is 6.10 Å². The molecular formula is C16H22F3NO2. The standard InChI is InChI=1S/C16H22F3NO2/c1-20(2)11-15(10-4-3-5-14(15)21)12-6-8-13(9-7-12)22-16(17,18)19/h6-9,14,21H,3-5,10-11H2,1-2H3/t14-,15-/m0/s1. The highest BCUT2D eigenvalue weighted by Gasteiger charge is 2.42. The molecule has 1 aromatic rings. The van der Waals surface area contributed by atoms with Crippen molar-refractivity contribution in [3.8, 4) is 5.75 Å². The van der Waals surface area contributed by atoms with E-state index in [9.17, 15) is 18.3 Å². The van der Waals surface area contributed by atoms with E-state index in [4.69, 9.17) is 0 Å². The predicted molar refractivity (Wildman–Crippen MR) is 77.8 cm³/mol. The van der Waals surface area contributed by atoms with Gasteiger partial charge in [0.1, 0.15) is 5.75 Å². The molecule has 1 fully saturated rings. The van der Waals surface area contributed by atoms with E-state index in [-0.39, 0.29) is 5.75 Å². The Balaban J connectivity index is 2.28. The largest absolute Gasteiger partial charge is 0.573 e. The Kier molecular flexibility index (Phi) is 5.02. The Morgan fingerprint density at radius 1 is 1.23 bits per heavy atom. The second-order valence-corrected chi connectivity index (χ2v) is 6.23. The number of alkyl halides is 3. The maximum atomic E-state index is 12.2. The van der Waals surface area contributed by atoms with E-state index in [0.717, 1.165) is 24.8 Å². The maximum absolute atomic E-state index is 12.2. The lowest BCUT2D eigenvalue weighted by atomic mass is 9.67. The summed E-state index contributed by atoms with van der Waals surface area (Å²) in [5.74, 6) is -0.235. The molecule has 22 heavy (non-hydrogen) atoms. The Hall–Kier alpha value is -1.27. The Bertz CT molecular complexity index is 487. The van der Waals surface area contributed by atoms with E-state index in [2.05, 4.69) is 4.74 Å². The quantitative estimate of drug-likeness (QED) is 0.925. The lowest BCUT2D eigenvalue weighted by molar-refractivity contribution is -0.274. The van der Waals surface area contributed by atoms with E-state index < -0.39 is 17.9 Å². The second-order valence-electron chi connectivity index (χ2n) is 6.23. The molecule has 3 nitrogen and oxygen atoms in total. The topological polar surface area (TPSA) is 32.7 Å². The lowest BCUT2D eigenvalue weighted by Gasteiger charge is -2.43. The van der Waals surface area contributed by atoms with Crippen LogP contribution in [0.5, 0.6) is 5.75 Å². The molecule has 0 amide bonds. The van der Waals surface area contributed by atoms with Crippen molar-refractivity contribution in [3.05, 3.63) is 29.8 Å². The normalized spacial score (nSPS) is 26.2. The Labute approximate surface area is 128 Å². The third-order valence-corrected chi connectivity index (χ3v) is 4.25. The van der Waals surface area contributed by atoms with Crippen molar-refractivity contribution < 1.29 is 23.0 Å². The zero-order chi connectivity index (χ0) is 16.4. The first-order valence-corrected chi connectivity index (χ1v) is 7.42. The van der Waals surface area contributed by atoms with Gasteiger partial charge in [0.15, 0.2) is 0 Å². The van der Waals surface area contributed by atoms with Crippen molar-refractivity contribution in [1.82, 2.24) is 4.90 Å². The molecule has 1 saturated carbocycles. The minimum Gasteiger partial charge on any atom is -0.406 e. The summed E-state index contributed by atoms with van der Waals surface area (Å²) < 4.78 is 40.6. The fraction of sp³-hybridized carbons (Fsp3) is 0.625. The van der Waals surface area contributed by atoms with Crippen LogP contribution in [0.3, 0.4) is 0 Å². The number of rotatable bonds is 4. The molecule has 2 atom stereocenters. The number of halogens is 3. The van der Waals surface area contributed by atoms with Gasteiger partial charge in [-0.15, -0.1) is 13.2 Å². The average Bonchev–Trinajstić information content (AvgIpc) is 2.40. The summed E-state index contributed by atoms with van der Waals surface area (Å²) in [7, 11) is 3.87. The number of benzene rings is 1. The number of hydrogen-bond acceptors (Lipinski definition) is 3. The molecule has 0 unspecified atom stereocenters. The fourth-order valence-electron chi connectivity index (χ4n) is 3.39. The van der Waals surface area contributed by atoms with Gasteiger partial charge in [0.2, 0.25) is 0 Å². The molecule has 0 aromatic heterocycles. The summed E-state index contributed by atoms with van der Waals surface area (Å²) in [4.78, 5) is 2.01. The van der Waals surface area contributed by atoms with Crippen molar-refractivity contribution in [1.29, 1.82) is 0 Å². The van der Waals surface area contributed by atoms with Crippen LogP contribution >= 0.6 is 0 Å². The minimum absolute atomic E-state index is 0.235. The van der Waals surface area contributed by atoms with Gasteiger partial charge in [-0.05, 0) is 44.6 Å². The monoisotopic (exact) mass is 317 g/mol. The van der Waals surface area contributed by atoms with Crippen molar-refractivity contribution >= 4 is 0 Å². The van der Waals surface area contributed by atoms with Crippen molar-refractivity contribution in [2.75, 3.05) is 20.6 Å². The van der Waals surface area contributed by atoms with Gasteiger partial charge in [-0.3, -0.25) is 0 Å². The van der Waals surface area contributed by atoms with Crippen LogP contribution in [-0.4, -0.2) is 43.1 Å². The summed E-state index contributed by atoms with van der Waals surface area (Å²) >= 11 is 0. The van der Waals surface area contributed by atoms with Crippen LogP contribution in [0.25, 0.3) is 0 Å². The molecule has 6 heteroatoms. The molecule has 2 rings (SSSR count). The zero-order valence-electron chi connectivity index (χ0n) is 12.9. The molecule has 0 bridgehead atoms. The van der Waals surface area contributed by atoms with Crippen molar-refractivity contribution in [2.45, 2.75) is 43.6 Å². The minimum atomic E-state index is -4.69. The smallest absolute Gasteiger partial charge is 0.406 e. The Morgan fingerprint density at radius 3 is 2.36 bits per heavy atom. The van der Waals surface area contributed by atoms with Crippen LogP contribution < -0.4 is 4.74 Å². The second kappa shape index (κ2) is 6.46. The van der Waals surface area contributed by atoms with E-state index in [1.54, 1.807) is 12.1 Å². The van der Waals surface area contributed by atoms with Crippen molar-refractivity contribution in [3.63, 3.8) is 0 Å². The molecule has 1 aliphatic rings. The average molecular weight is 317 g/mol. The van der Waals surface area contributed by atoms with Crippen LogP contribution in [0.2, 0.25) is 0 Å². The SMILES string of the molecule is CN(C)C[C@]1(c2ccc(OC(F)(F)F)cc2)CCCC[C@@H]1O. The number of nitrogens with zero attached hydrogens (tertiary/aromatic N) is 1. The number of aliphatic hydroxyl groups excluding tert-OH is 1. The zero-order valence-corrected chi connectivity index (χ0v) is 12.9. The van der Waals surface area contributed by atoms with E-state index in [1.807, 2.05) is 19.0 Å². The van der Waals surface area contributed by atoms with Gasteiger partial charge in [-0.2, -0.15) is 0 Å². The maximum Gasteiger partial charge on any atom is 0.573 e. The molecule has 0 radical (unpaired) electrons. The van der Waals surface area contributed by atoms with Crippen molar-refractivity contribution in [2.24, 2.45) is 0 Å². The molecule has 1 N–H and O–H groups in total. The first kappa shape index (κ1) is 17.1. The third-order valence-electron chi connectivity index (χ3n) is 4.25. The van der Waals surface area contributed by atoms with Gasteiger partial charge in [0, 0.05) is 12.0 Å². The highest BCUT2D eigenvalue weighted by Crippen LogP contribution is 2.41. The van der Waals surface area contributed by atoms with Gasteiger partial charge < -0.3 is 14.7 Å². The lowest BCUT2D eigenvalue weighted by Crippen LogP contribution is -2.49. The molecule has 124 valence electrons. The predicted octanol–water partition coefficient (Wildman–Crippen LogP) is 3.32. The van der Waals surface area contributed by atoms with Gasteiger partial charge in [-0.1, -0.05) is 25.0 Å². The molecule has 0 spiro atoms. The molecular weight excluding hydrogens is 295 g/mol. The third kappa shape index (κ3) is 3.93. The van der Waals surface area contributed by atoms with Crippen LogP contribution in [0.1, 0.15) is 31.2 Å². The summed E-state index contributed by atoms with van der Waals surface area (Å²) in [6.07, 6.45) is -1.65. The van der Waals surface area contributed by atoms with E-state index in [1.165, 1.54) is 12.1 Å². The summed E-state index contributed by atoms with van der Waals surface area (Å²) in [5, 5.41) is 10.5. The van der Waals surface area contributed by atoms with Crippen LogP contribution in [0.15, 0.2) is 24.3 Å². The molecule has 1 aliphatic carbocycles. The molecule has 1 aromatic carbocycles. The highest BCUT2D eigenvalue weighted by molar-refractivity contribution is 5.34. The van der Waals surface area contributed by atoms with Gasteiger partial charge in [0.25, 0.3) is 0 Å². The number of likely N-dealkylation sites (N-methyl/N-ethyl adjacent to an activating group) is 1. The number of aliphatic hydroxyl groups is 1. The van der Waals surface area contributed by atoms with Crippen LogP contribution in [0.4, 0.5) is 13.2 Å². The van der Waals surface area contributed by atoms with Gasteiger partial charge >= 0.3 is 6.36 Å². The molecule has 0 heterocycles. The number of hydrogen-bond donors (Lipinski definition) is 1. The van der Waals surface area contributed by atoms with Crippen LogP contribution in [0, 0.1) is 0 Å². The summed E-state index contributed by atoms with van der Waals surface area (Å²) in [5.41, 5.74) is 0.432.